The zero-order valence-electron chi connectivity index (χ0n) is 13.8. The van der Waals surface area contributed by atoms with Crippen LogP contribution in [0.25, 0.3) is 0 Å². The van der Waals surface area contributed by atoms with E-state index in [1.165, 1.54) is 5.56 Å². The lowest BCUT2D eigenvalue weighted by Crippen LogP contribution is -2.24. The second-order valence-corrected chi connectivity index (χ2v) is 5.96. The quantitative estimate of drug-likeness (QED) is 0.839. The second kappa shape index (κ2) is 6.94. The van der Waals surface area contributed by atoms with E-state index in [0.717, 1.165) is 36.6 Å². The lowest BCUT2D eigenvalue weighted by Gasteiger charge is -2.17. The van der Waals surface area contributed by atoms with Gasteiger partial charge in [-0.3, -0.25) is 4.68 Å². The van der Waals surface area contributed by atoms with E-state index in [9.17, 15) is 0 Å². The predicted molar refractivity (Wildman–Crippen MR) is 85.5 cm³/mol. The van der Waals surface area contributed by atoms with Crippen molar-refractivity contribution >= 4 is 0 Å². The molecule has 0 aliphatic rings. The molecule has 1 N–H and O–H groups in total. The number of aromatic nitrogens is 2. The van der Waals surface area contributed by atoms with Gasteiger partial charge in [-0.1, -0.05) is 6.92 Å². The minimum atomic E-state index is 0.262. The highest BCUT2D eigenvalue weighted by atomic mass is 16.3. The molecule has 0 aliphatic heterocycles. The van der Waals surface area contributed by atoms with Gasteiger partial charge in [-0.05, 0) is 52.8 Å². The molecule has 4 heteroatoms. The minimum Gasteiger partial charge on any atom is -0.466 e. The van der Waals surface area contributed by atoms with Crippen LogP contribution in [0.1, 0.15) is 62.1 Å². The molecule has 0 aliphatic carbocycles. The first-order valence-electron chi connectivity index (χ1n) is 7.85. The van der Waals surface area contributed by atoms with Gasteiger partial charge in [0.1, 0.15) is 11.5 Å². The molecule has 2 aromatic rings. The summed E-state index contributed by atoms with van der Waals surface area (Å²) in [6, 6.07) is 4.92. The first-order valence-corrected chi connectivity index (χ1v) is 7.85. The monoisotopic (exact) mass is 289 g/mol. The summed E-state index contributed by atoms with van der Waals surface area (Å²) in [6.45, 7) is 11.5. The van der Waals surface area contributed by atoms with Gasteiger partial charge in [0.15, 0.2) is 0 Å². The molecule has 0 spiro atoms. The van der Waals surface area contributed by atoms with Crippen molar-refractivity contribution in [1.82, 2.24) is 15.1 Å². The molecule has 0 aromatic carbocycles. The van der Waals surface area contributed by atoms with Crippen LogP contribution in [0.4, 0.5) is 0 Å². The van der Waals surface area contributed by atoms with E-state index in [1.54, 1.807) is 0 Å². The van der Waals surface area contributed by atoms with Gasteiger partial charge in [0, 0.05) is 30.3 Å². The van der Waals surface area contributed by atoms with Gasteiger partial charge in [-0.2, -0.15) is 5.10 Å². The van der Waals surface area contributed by atoms with E-state index in [-0.39, 0.29) is 6.04 Å². The van der Waals surface area contributed by atoms with E-state index in [2.05, 4.69) is 49.5 Å². The van der Waals surface area contributed by atoms with Crippen molar-refractivity contribution in [1.29, 1.82) is 0 Å². The van der Waals surface area contributed by atoms with Crippen molar-refractivity contribution in [3.05, 3.63) is 41.1 Å². The Hall–Kier alpha value is -1.55. The second-order valence-electron chi connectivity index (χ2n) is 5.96. The first-order chi connectivity index (χ1) is 10.0. The van der Waals surface area contributed by atoms with Crippen LogP contribution < -0.4 is 5.32 Å². The Bertz CT molecular complexity index is 568. The van der Waals surface area contributed by atoms with Crippen LogP contribution in [0.15, 0.2) is 22.7 Å². The SMILES string of the molecule is CCCNC(Cc1ccn(C(C)C)n1)c1cc(C)oc1C. The molecular formula is C17H27N3O. The maximum absolute atomic E-state index is 5.69. The summed E-state index contributed by atoms with van der Waals surface area (Å²) in [5, 5.41) is 8.28. The van der Waals surface area contributed by atoms with Crippen molar-refractivity contribution in [2.75, 3.05) is 6.54 Å². The third-order valence-electron chi connectivity index (χ3n) is 3.70. The Morgan fingerprint density at radius 2 is 2.10 bits per heavy atom. The van der Waals surface area contributed by atoms with Crippen LogP contribution in [0, 0.1) is 13.8 Å². The zero-order chi connectivity index (χ0) is 15.4. The van der Waals surface area contributed by atoms with Crippen molar-refractivity contribution in [2.45, 2.75) is 59.5 Å². The zero-order valence-corrected chi connectivity index (χ0v) is 13.8. The van der Waals surface area contributed by atoms with E-state index in [4.69, 9.17) is 4.42 Å². The van der Waals surface area contributed by atoms with Crippen molar-refractivity contribution in [2.24, 2.45) is 0 Å². The molecule has 116 valence electrons. The fourth-order valence-electron chi connectivity index (χ4n) is 2.59. The topological polar surface area (TPSA) is 43.0 Å². The fourth-order valence-corrected chi connectivity index (χ4v) is 2.59. The van der Waals surface area contributed by atoms with Gasteiger partial charge in [-0.15, -0.1) is 0 Å². The summed E-state index contributed by atoms with van der Waals surface area (Å²) >= 11 is 0. The summed E-state index contributed by atoms with van der Waals surface area (Å²) in [4.78, 5) is 0. The van der Waals surface area contributed by atoms with E-state index in [1.807, 2.05) is 18.5 Å². The molecule has 2 rings (SSSR count). The molecule has 2 aromatic heterocycles. The summed E-state index contributed by atoms with van der Waals surface area (Å²) < 4.78 is 7.70. The van der Waals surface area contributed by atoms with Crippen molar-refractivity contribution < 1.29 is 4.42 Å². The molecule has 0 saturated heterocycles. The summed E-state index contributed by atoms with van der Waals surface area (Å²) in [7, 11) is 0. The average Bonchev–Trinajstić information content (AvgIpc) is 3.01. The lowest BCUT2D eigenvalue weighted by molar-refractivity contribution is 0.474. The molecular weight excluding hydrogens is 262 g/mol. The summed E-state index contributed by atoms with van der Waals surface area (Å²) in [5.74, 6) is 1.97. The fraction of sp³-hybridized carbons (Fsp3) is 0.588. The third kappa shape index (κ3) is 3.97. The molecule has 4 nitrogen and oxygen atoms in total. The number of rotatable bonds is 7. The van der Waals surface area contributed by atoms with Gasteiger partial charge < -0.3 is 9.73 Å². The molecule has 0 radical (unpaired) electrons. The van der Waals surface area contributed by atoms with E-state index in [0.29, 0.717) is 6.04 Å². The number of hydrogen-bond acceptors (Lipinski definition) is 3. The van der Waals surface area contributed by atoms with Crippen LogP contribution in [0.2, 0.25) is 0 Å². The average molecular weight is 289 g/mol. The van der Waals surface area contributed by atoms with E-state index < -0.39 is 0 Å². The molecule has 0 fully saturated rings. The maximum atomic E-state index is 5.69. The van der Waals surface area contributed by atoms with Gasteiger partial charge in [-0.25, -0.2) is 0 Å². The third-order valence-corrected chi connectivity index (χ3v) is 3.70. The van der Waals surface area contributed by atoms with Gasteiger partial charge in [0.05, 0.1) is 5.69 Å². The Morgan fingerprint density at radius 1 is 1.33 bits per heavy atom. The van der Waals surface area contributed by atoms with Gasteiger partial charge in [0.2, 0.25) is 0 Å². The highest BCUT2D eigenvalue weighted by molar-refractivity contribution is 5.25. The molecule has 0 bridgehead atoms. The Morgan fingerprint density at radius 3 is 2.62 bits per heavy atom. The highest BCUT2D eigenvalue weighted by Crippen LogP contribution is 2.24. The normalized spacial score (nSPS) is 13.0. The molecule has 2 heterocycles. The molecule has 0 amide bonds. The van der Waals surface area contributed by atoms with Crippen LogP contribution in [0.3, 0.4) is 0 Å². The largest absolute Gasteiger partial charge is 0.466 e. The highest BCUT2D eigenvalue weighted by Gasteiger charge is 2.18. The molecule has 0 saturated carbocycles. The number of nitrogens with one attached hydrogen (secondary N) is 1. The van der Waals surface area contributed by atoms with Crippen LogP contribution in [-0.2, 0) is 6.42 Å². The Kier molecular flexibility index (Phi) is 5.23. The number of furan rings is 1. The molecule has 1 atom stereocenters. The minimum absolute atomic E-state index is 0.262. The number of aryl methyl sites for hydroxylation is 2. The molecule has 21 heavy (non-hydrogen) atoms. The maximum Gasteiger partial charge on any atom is 0.105 e. The standard InChI is InChI=1S/C17H27N3O/c1-6-8-18-17(16-10-13(4)21-14(16)5)11-15-7-9-20(19-15)12(2)3/h7,9-10,12,17-18H,6,8,11H2,1-5H3. The van der Waals surface area contributed by atoms with Crippen LogP contribution in [0.5, 0.6) is 0 Å². The Balaban J connectivity index is 2.17. The lowest BCUT2D eigenvalue weighted by atomic mass is 10.0. The van der Waals surface area contributed by atoms with E-state index >= 15 is 0 Å². The summed E-state index contributed by atoms with van der Waals surface area (Å²) in [6.07, 6.45) is 4.07. The van der Waals surface area contributed by atoms with Crippen molar-refractivity contribution in [3.63, 3.8) is 0 Å². The van der Waals surface area contributed by atoms with Crippen LogP contribution in [-0.4, -0.2) is 16.3 Å². The number of hydrogen-bond donors (Lipinski definition) is 1. The smallest absolute Gasteiger partial charge is 0.105 e. The van der Waals surface area contributed by atoms with Gasteiger partial charge in [0.25, 0.3) is 0 Å². The van der Waals surface area contributed by atoms with Crippen LogP contribution >= 0.6 is 0 Å². The van der Waals surface area contributed by atoms with Gasteiger partial charge >= 0.3 is 0 Å². The van der Waals surface area contributed by atoms with Crippen molar-refractivity contribution in [3.8, 4) is 0 Å². The molecule has 1 unspecified atom stereocenters. The Labute approximate surface area is 127 Å². The first kappa shape index (κ1) is 15.8. The number of nitrogens with zero attached hydrogens (tertiary/aromatic N) is 2. The predicted octanol–water partition coefficient (Wildman–Crippen LogP) is 3.96. The summed E-state index contributed by atoms with van der Waals surface area (Å²) in [5.41, 5.74) is 2.37.